The van der Waals surface area contributed by atoms with Gasteiger partial charge in [0.1, 0.15) is 0 Å². The molecule has 4 nitrogen and oxygen atoms in total. The van der Waals surface area contributed by atoms with Gasteiger partial charge >= 0.3 is 0 Å². The third-order valence-electron chi connectivity index (χ3n) is 4.74. The number of hydrogen-bond acceptors (Lipinski definition) is 3. The van der Waals surface area contributed by atoms with E-state index >= 15 is 0 Å². The summed E-state index contributed by atoms with van der Waals surface area (Å²) in [4.78, 5) is 25.9. The Labute approximate surface area is 182 Å². The Morgan fingerprint density at radius 2 is 1.53 bits per heavy atom. The highest BCUT2D eigenvalue weighted by atomic mass is 32.2. The minimum atomic E-state index is -0.278. The number of thioether (sulfide) groups is 1. The van der Waals surface area contributed by atoms with E-state index in [0.717, 1.165) is 33.0 Å². The molecule has 0 aliphatic carbocycles. The summed E-state index contributed by atoms with van der Waals surface area (Å²) < 4.78 is 0. The van der Waals surface area contributed by atoms with E-state index in [4.69, 9.17) is 0 Å². The molecule has 0 saturated carbocycles. The van der Waals surface area contributed by atoms with Gasteiger partial charge in [-0.2, -0.15) is 0 Å². The summed E-state index contributed by atoms with van der Waals surface area (Å²) in [5, 5.41) is 5.70. The van der Waals surface area contributed by atoms with Crippen LogP contribution in [0.15, 0.2) is 77.7 Å². The van der Waals surface area contributed by atoms with Crippen molar-refractivity contribution >= 4 is 35.0 Å². The van der Waals surface area contributed by atoms with Crippen LogP contribution < -0.4 is 10.6 Å². The standard InChI is InChI=1S/C25H26N2O2S/c1-17-9-7-10-18(2)24(17)27-25(29)19(3)30-22-14-8-13-21(16-22)26-23(28)15-20-11-5-4-6-12-20/h4-14,16,19H,15H2,1-3H3,(H,26,28)(H,27,29). The number of benzene rings is 3. The first-order valence-corrected chi connectivity index (χ1v) is 10.8. The quantitative estimate of drug-likeness (QED) is 0.491. The Bertz CT molecular complexity index is 1010. The second-order valence-corrected chi connectivity index (χ2v) is 8.67. The molecule has 154 valence electrons. The van der Waals surface area contributed by atoms with Crippen LogP contribution in [0.3, 0.4) is 0 Å². The highest BCUT2D eigenvalue weighted by Gasteiger charge is 2.16. The molecule has 3 aromatic rings. The van der Waals surface area contributed by atoms with Gasteiger partial charge in [0, 0.05) is 16.3 Å². The molecule has 0 fully saturated rings. The zero-order chi connectivity index (χ0) is 21.5. The van der Waals surface area contributed by atoms with E-state index in [1.165, 1.54) is 11.8 Å². The maximum Gasteiger partial charge on any atom is 0.237 e. The first-order valence-electron chi connectivity index (χ1n) is 9.90. The summed E-state index contributed by atoms with van der Waals surface area (Å²) >= 11 is 1.46. The van der Waals surface area contributed by atoms with Crippen LogP contribution in [0, 0.1) is 13.8 Å². The Balaban J connectivity index is 1.60. The lowest BCUT2D eigenvalue weighted by Crippen LogP contribution is -2.23. The van der Waals surface area contributed by atoms with Crippen molar-refractivity contribution < 1.29 is 9.59 Å². The molecule has 0 saturated heterocycles. The highest BCUT2D eigenvalue weighted by Crippen LogP contribution is 2.28. The predicted molar refractivity (Wildman–Crippen MR) is 125 cm³/mol. The van der Waals surface area contributed by atoms with Gasteiger partial charge in [-0.05, 0) is 55.7 Å². The van der Waals surface area contributed by atoms with E-state index in [1.807, 2.05) is 93.6 Å². The van der Waals surface area contributed by atoms with Gasteiger partial charge in [-0.1, -0.05) is 54.6 Å². The van der Waals surface area contributed by atoms with Gasteiger partial charge in [0.15, 0.2) is 0 Å². The van der Waals surface area contributed by atoms with E-state index in [2.05, 4.69) is 10.6 Å². The molecule has 3 aromatic carbocycles. The number of aryl methyl sites for hydroxylation is 2. The lowest BCUT2D eigenvalue weighted by atomic mass is 10.1. The monoisotopic (exact) mass is 418 g/mol. The number of carbonyl (C=O) groups excluding carboxylic acids is 2. The van der Waals surface area contributed by atoms with E-state index in [0.29, 0.717) is 6.42 Å². The zero-order valence-corrected chi connectivity index (χ0v) is 18.3. The van der Waals surface area contributed by atoms with Crippen LogP contribution in [0.1, 0.15) is 23.6 Å². The number of amides is 2. The van der Waals surface area contributed by atoms with Crippen molar-refractivity contribution in [1.82, 2.24) is 0 Å². The van der Waals surface area contributed by atoms with Crippen LogP contribution in [0.25, 0.3) is 0 Å². The maximum atomic E-state index is 12.7. The molecule has 0 aromatic heterocycles. The molecule has 0 radical (unpaired) electrons. The second-order valence-electron chi connectivity index (χ2n) is 7.25. The fourth-order valence-corrected chi connectivity index (χ4v) is 4.05. The molecule has 0 spiro atoms. The molecular formula is C25H26N2O2S. The van der Waals surface area contributed by atoms with Gasteiger partial charge in [-0.3, -0.25) is 9.59 Å². The summed E-state index contributed by atoms with van der Waals surface area (Å²) in [6.45, 7) is 5.86. The Hall–Kier alpha value is -3.05. The number of para-hydroxylation sites is 1. The van der Waals surface area contributed by atoms with Crippen molar-refractivity contribution in [3.63, 3.8) is 0 Å². The molecule has 2 N–H and O–H groups in total. The van der Waals surface area contributed by atoms with Crippen molar-refractivity contribution in [2.75, 3.05) is 10.6 Å². The minimum Gasteiger partial charge on any atom is -0.326 e. The Morgan fingerprint density at radius 1 is 0.867 bits per heavy atom. The van der Waals surface area contributed by atoms with Gasteiger partial charge in [0.2, 0.25) is 11.8 Å². The highest BCUT2D eigenvalue weighted by molar-refractivity contribution is 8.00. The zero-order valence-electron chi connectivity index (χ0n) is 17.4. The van der Waals surface area contributed by atoms with Crippen molar-refractivity contribution in [1.29, 1.82) is 0 Å². The van der Waals surface area contributed by atoms with Gasteiger partial charge in [-0.25, -0.2) is 0 Å². The molecule has 1 unspecified atom stereocenters. The molecule has 0 heterocycles. The fraction of sp³-hybridized carbons (Fsp3) is 0.200. The van der Waals surface area contributed by atoms with Crippen LogP contribution in [-0.2, 0) is 16.0 Å². The molecule has 30 heavy (non-hydrogen) atoms. The summed E-state index contributed by atoms with van der Waals surface area (Å²) in [5.74, 6) is -0.111. The minimum absolute atomic E-state index is 0.0454. The van der Waals surface area contributed by atoms with Crippen LogP contribution >= 0.6 is 11.8 Å². The Kier molecular flexibility index (Phi) is 7.31. The van der Waals surface area contributed by atoms with Crippen molar-refractivity contribution in [2.45, 2.75) is 37.3 Å². The molecule has 0 bridgehead atoms. The molecule has 2 amide bonds. The third kappa shape index (κ3) is 5.97. The maximum absolute atomic E-state index is 12.7. The molecule has 1 atom stereocenters. The average molecular weight is 419 g/mol. The molecule has 3 rings (SSSR count). The van der Waals surface area contributed by atoms with Crippen LogP contribution in [-0.4, -0.2) is 17.1 Å². The molecular weight excluding hydrogens is 392 g/mol. The summed E-state index contributed by atoms with van der Waals surface area (Å²) in [5.41, 5.74) is 4.66. The smallest absolute Gasteiger partial charge is 0.237 e. The first-order chi connectivity index (χ1) is 14.4. The van der Waals surface area contributed by atoms with Gasteiger partial charge < -0.3 is 10.6 Å². The second kappa shape index (κ2) is 10.1. The van der Waals surface area contributed by atoms with Crippen molar-refractivity contribution in [3.8, 4) is 0 Å². The number of hydrogen-bond donors (Lipinski definition) is 2. The normalized spacial score (nSPS) is 11.6. The van der Waals surface area contributed by atoms with Crippen LogP contribution in [0.2, 0.25) is 0 Å². The van der Waals surface area contributed by atoms with Gasteiger partial charge in [0.25, 0.3) is 0 Å². The SMILES string of the molecule is Cc1cccc(C)c1NC(=O)C(C)Sc1cccc(NC(=O)Cc2ccccc2)c1. The van der Waals surface area contributed by atoms with Gasteiger partial charge in [0.05, 0.1) is 11.7 Å². The van der Waals surface area contributed by atoms with Crippen LogP contribution in [0.5, 0.6) is 0 Å². The fourth-order valence-electron chi connectivity index (χ4n) is 3.13. The van der Waals surface area contributed by atoms with E-state index in [-0.39, 0.29) is 17.1 Å². The first kappa shape index (κ1) is 21.7. The lowest BCUT2D eigenvalue weighted by molar-refractivity contribution is -0.116. The van der Waals surface area contributed by atoms with Crippen molar-refractivity contribution in [2.24, 2.45) is 0 Å². The topological polar surface area (TPSA) is 58.2 Å². The Morgan fingerprint density at radius 3 is 2.23 bits per heavy atom. The predicted octanol–water partition coefficient (Wildman–Crippen LogP) is 5.60. The summed E-state index contributed by atoms with van der Waals surface area (Å²) in [7, 11) is 0. The van der Waals surface area contributed by atoms with E-state index < -0.39 is 0 Å². The third-order valence-corrected chi connectivity index (χ3v) is 5.83. The van der Waals surface area contributed by atoms with Crippen molar-refractivity contribution in [3.05, 3.63) is 89.5 Å². The number of anilines is 2. The largest absolute Gasteiger partial charge is 0.326 e. The summed E-state index contributed by atoms with van der Waals surface area (Å²) in [6.07, 6.45) is 0.326. The van der Waals surface area contributed by atoms with Crippen LogP contribution in [0.4, 0.5) is 11.4 Å². The average Bonchev–Trinajstić information content (AvgIpc) is 2.71. The number of carbonyl (C=O) groups is 2. The molecule has 0 aliphatic heterocycles. The van der Waals surface area contributed by atoms with Gasteiger partial charge in [-0.15, -0.1) is 11.8 Å². The number of rotatable bonds is 7. The molecule has 5 heteroatoms. The number of nitrogens with one attached hydrogen (secondary N) is 2. The van der Waals surface area contributed by atoms with E-state index in [1.54, 1.807) is 0 Å². The lowest BCUT2D eigenvalue weighted by Gasteiger charge is -2.16. The summed E-state index contributed by atoms with van der Waals surface area (Å²) in [6, 6.07) is 23.2. The molecule has 0 aliphatic rings. The van der Waals surface area contributed by atoms with E-state index in [9.17, 15) is 9.59 Å².